The molecule has 2 aliphatic carbocycles. The average Bonchev–Trinajstić information content (AvgIpc) is 3.38. The van der Waals surface area contributed by atoms with E-state index in [1.807, 2.05) is 24.3 Å². The first-order chi connectivity index (χ1) is 15.3. The van der Waals surface area contributed by atoms with Crippen LogP contribution in [-0.4, -0.2) is 20.0 Å². The van der Waals surface area contributed by atoms with Gasteiger partial charge in [-0.3, -0.25) is 0 Å². The van der Waals surface area contributed by atoms with Gasteiger partial charge in [0.2, 0.25) is 0 Å². The van der Waals surface area contributed by atoms with Crippen molar-refractivity contribution in [2.75, 3.05) is 0 Å². The summed E-state index contributed by atoms with van der Waals surface area (Å²) in [4.78, 5) is 25.6. The van der Waals surface area contributed by atoms with E-state index in [4.69, 9.17) is 6.64 Å². The van der Waals surface area contributed by atoms with Gasteiger partial charge in [0.1, 0.15) is 0 Å². The summed E-state index contributed by atoms with van der Waals surface area (Å²) in [6, 6.07) is 16.3. The zero-order valence-corrected chi connectivity index (χ0v) is 20.7. The van der Waals surface area contributed by atoms with Crippen LogP contribution in [0.5, 0.6) is 0 Å². The maximum absolute atomic E-state index is 12.8. The Bertz CT molecular complexity index is 1160. The van der Waals surface area contributed by atoms with Gasteiger partial charge in [0.15, 0.2) is 0 Å². The molecule has 3 aliphatic rings. The third-order valence-corrected chi connectivity index (χ3v) is 17.7. The van der Waals surface area contributed by atoms with Crippen LogP contribution in [-0.2, 0) is 33.6 Å². The molecule has 2 atom stereocenters. The van der Waals surface area contributed by atoms with Crippen molar-refractivity contribution in [1.29, 1.82) is 0 Å². The van der Waals surface area contributed by atoms with E-state index in [0.29, 0.717) is 0 Å². The molecule has 0 radical (unpaired) electrons. The fourth-order valence-corrected chi connectivity index (χ4v) is 20.1. The maximum atomic E-state index is 12.8. The summed E-state index contributed by atoms with van der Waals surface area (Å²) < 4.78 is 12.2. The Morgan fingerprint density at radius 3 is 1.62 bits per heavy atom. The van der Waals surface area contributed by atoms with E-state index in [2.05, 4.69) is 62.7 Å². The Morgan fingerprint density at radius 2 is 1.22 bits per heavy atom. The molecule has 5 rings (SSSR count). The summed E-state index contributed by atoms with van der Waals surface area (Å²) in [5, 5.41) is 2.53. The molecular weight excluding hydrogens is 452 g/mol. The number of benzene rings is 2. The van der Waals surface area contributed by atoms with E-state index in [9.17, 15) is 9.59 Å². The molecule has 160 valence electrons. The first-order valence-corrected chi connectivity index (χ1v) is 16.7. The van der Waals surface area contributed by atoms with Crippen LogP contribution in [0.1, 0.15) is 30.7 Å². The molecule has 0 bridgehead atoms. The molecular formula is C26H24O4SiTi. The van der Waals surface area contributed by atoms with Crippen LogP contribution in [0.3, 0.4) is 0 Å². The number of hydrogen-bond acceptors (Lipinski definition) is 4. The van der Waals surface area contributed by atoms with Gasteiger partial charge in [-0.1, -0.05) is 0 Å². The van der Waals surface area contributed by atoms with E-state index < -0.39 is 37.4 Å². The second kappa shape index (κ2) is 7.41. The average molecular weight is 476 g/mol. The number of carbonyl (C=O) groups excluding carboxylic acids is 2. The van der Waals surface area contributed by atoms with Crippen molar-refractivity contribution in [3.63, 3.8) is 0 Å². The minimum absolute atomic E-state index is 0.214. The molecule has 0 spiro atoms. The molecule has 2 aromatic rings. The predicted molar refractivity (Wildman–Crippen MR) is 124 cm³/mol. The summed E-state index contributed by atoms with van der Waals surface area (Å²) in [5.74, 6) is -1.09. The number of fused-ring (bicyclic) bond motifs is 6. The van der Waals surface area contributed by atoms with E-state index in [-0.39, 0.29) is 8.45 Å². The summed E-state index contributed by atoms with van der Waals surface area (Å²) in [6.45, 7) is 11.9. The summed E-state index contributed by atoms with van der Waals surface area (Å²) >= 11 is -4.37. The normalized spacial score (nSPS) is 22.8. The fraction of sp³-hybridized carbons (Fsp3) is 0.154. The molecule has 1 saturated heterocycles. The Morgan fingerprint density at radius 1 is 0.812 bits per heavy atom. The Hall–Kier alpha value is -2.73. The van der Waals surface area contributed by atoms with Crippen LogP contribution in [0, 0.1) is 0 Å². The molecule has 32 heavy (non-hydrogen) atoms. The van der Waals surface area contributed by atoms with Gasteiger partial charge in [0, 0.05) is 0 Å². The van der Waals surface area contributed by atoms with Crippen molar-refractivity contribution < 1.29 is 33.6 Å². The molecule has 4 nitrogen and oxygen atoms in total. The van der Waals surface area contributed by atoms with E-state index in [1.165, 1.54) is 22.5 Å². The fourth-order valence-electron chi connectivity index (χ4n) is 5.58. The number of hydrogen-bond donors (Lipinski definition) is 0. The van der Waals surface area contributed by atoms with Crippen molar-refractivity contribution in [1.82, 2.24) is 0 Å². The molecule has 1 fully saturated rings. The number of rotatable bonds is 4. The van der Waals surface area contributed by atoms with Gasteiger partial charge in [0.25, 0.3) is 0 Å². The van der Waals surface area contributed by atoms with Crippen LogP contribution in [0.4, 0.5) is 0 Å². The first-order valence-electron chi connectivity index (χ1n) is 10.7. The number of allylic oxidation sites excluding steroid dienone is 2. The summed E-state index contributed by atoms with van der Waals surface area (Å²) in [5.41, 5.74) is 4.39. The Kier molecular flexibility index (Phi) is 4.89. The second-order valence-electron chi connectivity index (χ2n) is 8.92. The van der Waals surface area contributed by atoms with Crippen molar-refractivity contribution >= 4 is 32.2 Å². The van der Waals surface area contributed by atoms with Gasteiger partial charge in [-0.2, -0.15) is 0 Å². The van der Waals surface area contributed by atoms with Crippen LogP contribution in [0.15, 0.2) is 84.2 Å². The van der Waals surface area contributed by atoms with E-state index in [0.717, 1.165) is 22.3 Å². The van der Waals surface area contributed by atoms with Gasteiger partial charge in [-0.15, -0.1) is 0 Å². The van der Waals surface area contributed by atoms with Crippen LogP contribution < -0.4 is 0 Å². The Balaban J connectivity index is 1.86. The van der Waals surface area contributed by atoms with Crippen molar-refractivity contribution in [3.05, 3.63) is 106 Å². The standard InChI is InChI=1S/C20H18Si.2C3H4O2.Ti/c1-21(2,19-11-15-7-3-4-8-16(15)12-19)20-13-17-9-5-6-10-18(17)14-20;2*1-2-3(4)5;/h3-14H,1-2H3;2*2H,1H2,(H,4,5);/q;;;+2/p-2. The monoisotopic (exact) mass is 476 g/mol. The summed E-state index contributed by atoms with van der Waals surface area (Å²) in [6.07, 6.45) is 6.83. The zero-order valence-electron chi connectivity index (χ0n) is 18.1. The summed E-state index contributed by atoms with van der Waals surface area (Å²) in [7, 11) is -2.12. The molecule has 0 aromatic heterocycles. The van der Waals surface area contributed by atoms with Crippen LogP contribution in [0.2, 0.25) is 13.1 Å². The zero-order chi connectivity index (χ0) is 22.7. The molecule has 0 saturated carbocycles. The molecule has 6 heteroatoms. The molecule has 2 unspecified atom stereocenters. The minimum atomic E-state index is -4.37. The van der Waals surface area contributed by atoms with Crippen LogP contribution in [0.25, 0.3) is 12.2 Å². The van der Waals surface area contributed by atoms with Crippen molar-refractivity contribution in [2.24, 2.45) is 0 Å². The molecule has 0 amide bonds. The third-order valence-electron chi connectivity index (χ3n) is 6.96. The Labute approximate surface area is 193 Å². The second-order valence-corrected chi connectivity index (χ2v) is 18.0. The number of carbonyl (C=O) groups is 2. The van der Waals surface area contributed by atoms with Crippen molar-refractivity contribution in [3.8, 4) is 0 Å². The topological polar surface area (TPSA) is 52.6 Å². The van der Waals surface area contributed by atoms with Crippen LogP contribution >= 0.6 is 0 Å². The van der Waals surface area contributed by atoms with Gasteiger partial charge >= 0.3 is 194 Å². The van der Waals surface area contributed by atoms with Gasteiger partial charge in [-0.05, 0) is 0 Å². The van der Waals surface area contributed by atoms with E-state index in [1.54, 1.807) is 0 Å². The van der Waals surface area contributed by atoms with Gasteiger partial charge < -0.3 is 0 Å². The predicted octanol–water partition coefficient (Wildman–Crippen LogP) is 5.51. The third kappa shape index (κ3) is 2.85. The van der Waals surface area contributed by atoms with Gasteiger partial charge in [0.05, 0.1) is 0 Å². The first kappa shape index (κ1) is 21.1. The molecule has 0 N–H and O–H groups in total. The molecule has 1 heterocycles. The quantitative estimate of drug-likeness (QED) is 0.432. The molecule has 2 aromatic carbocycles. The van der Waals surface area contributed by atoms with E-state index >= 15 is 0 Å². The van der Waals surface area contributed by atoms with Gasteiger partial charge in [-0.25, -0.2) is 0 Å². The SMILES string of the molecule is C=CC(=O)[O][Ti]1([O]C(=O)C=C)[CH]2C(=Cc3ccccc32)[Si](C)(C)C2=Cc3ccccc3[CH]21. The van der Waals surface area contributed by atoms with Crippen molar-refractivity contribution in [2.45, 2.75) is 21.5 Å². The molecule has 1 aliphatic heterocycles.